The van der Waals surface area contributed by atoms with Crippen molar-refractivity contribution in [3.05, 3.63) is 52.7 Å². The Morgan fingerprint density at radius 1 is 1.25 bits per heavy atom. The fraction of sp³-hybridized carbons (Fsp3) is 0.154. The Balaban J connectivity index is 2.31. The van der Waals surface area contributed by atoms with Gasteiger partial charge in [-0.1, -0.05) is 29.8 Å². The predicted molar refractivity (Wildman–Crippen MR) is 66.7 cm³/mol. The maximum atomic E-state index is 12.5. The number of pyridine rings is 1. The zero-order valence-electron chi connectivity index (χ0n) is 9.99. The Kier molecular flexibility index (Phi) is 4.15. The lowest BCUT2D eigenvalue weighted by molar-refractivity contribution is -0.137. The van der Waals surface area contributed by atoms with Crippen LogP contribution in [0.15, 0.2) is 36.5 Å². The largest absolute Gasteiger partial charge is 0.437 e. The number of hydrogen-bond acceptors (Lipinski definition) is 3. The SMILES string of the molecule is OCc1ccccc1Oc1ncc(C(F)(F)F)cc1Cl. The molecule has 0 spiro atoms. The van der Waals surface area contributed by atoms with Gasteiger partial charge < -0.3 is 9.84 Å². The molecule has 1 N–H and O–H groups in total. The first-order chi connectivity index (χ1) is 9.41. The molecule has 0 aliphatic carbocycles. The quantitative estimate of drug-likeness (QED) is 0.930. The third-order valence-electron chi connectivity index (χ3n) is 2.48. The van der Waals surface area contributed by atoms with Gasteiger partial charge in [-0.2, -0.15) is 13.2 Å². The molecule has 106 valence electrons. The first-order valence-corrected chi connectivity index (χ1v) is 5.89. The molecule has 0 amide bonds. The fourth-order valence-electron chi connectivity index (χ4n) is 1.49. The summed E-state index contributed by atoms with van der Waals surface area (Å²) in [5, 5.41) is 8.88. The first-order valence-electron chi connectivity index (χ1n) is 5.51. The summed E-state index contributed by atoms with van der Waals surface area (Å²) in [6.07, 6.45) is -3.87. The highest BCUT2D eigenvalue weighted by Gasteiger charge is 2.31. The third kappa shape index (κ3) is 3.20. The molecule has 2 rings (SSSR count). The number of halogens is 4. The molecule has 0 aliphatic rings. The van der Waals surface area contributed by atoms with Gasteiger partial charge in [0.05, 0.1) is 12.2 Å². The molecule has 20 heavy (non-hydrogen) atoms. The number of alkyl halides is 3. The fourth-order valence-corrected chi connectivity index (χ4v) is 1.70. The standard InChI is InChI=1S/C13H9ClF3NO2/c14-10-5-9(13(15,16)17)6-18-12(10)20-11-4-2-1-3-8(11)7-19/h1-6,19H,7H2. The van der Waals surface area contributed by atoms with Crippen LogP contribution in [0.1, 0.15) is 11.1 Å². The normalized spacial score (nSPS) is 11.4. The van der Waals surface area contributed by atoms with Gasteiger partial charge >= 0.3 is 6.18 Å². The Bertz CT molecular complexity index is 617. The summed E-state index contributed by atoms with van der Waals surface area (Å²) in [6, 6.07) is 7.27. The Hall–Kier alpha value is -1.79. The topological polar surface area (TPSA) is 42.4 Å². The molecule has 0 atom stereocenters. The van der Waals surface area contributed by atoms with E-state index in [-0.39, 0.29) is 23.3 Å². The molecule has 3 nitrogen and oxygen atoms in total. The molecule has 0 saturated carbocycles. The molecule has 0 saturated heterocycles. The molecule has 1 aromatic carbocycles. The number of aromatic nitrogens is 1. The van der Waals surface area contributed by atoms with Crippen molar-refractivity contribution in [2.45, 2.75) is 12.8 Å². The molecule has 1 heterocycles. The molecule has 2 aromatic rings. The van der Waals surface area contributed by atoms with Gasteiger partial charge in [0, 0.05) is 11.8 Å². The molecular weight excluding hydrogens is 295 g/mol. The molecule has 1 aromatic heterocycles. The minimum absolute atomic E-state index is 0.152. The van der Waals surface area contributed by atoms with E-state index in [1.165, 1.54) is 0 Å². The van der Waals surface area contributed by atoms with Crippen molar-refractivity contribution in [2.75, 3.05) is 0 Å². The zero-order chi connectivity index (χ0) is 14.8. The number of benzene rings is 1. The summed E-state index contributed by atoms with van der Waals surface area (Å²) in [6.45, 7) is -0.269. The lowest BCUT2D eigenvalue weighted by Crippen LogP contribution is -2.06. The van der Waals surface area contributed by atoms with Crippen LogP contribution in [0.3, 0.4) is 0 Å². The maximum absolute atomic E-state index is 12.5. The first kappa shape index (κ1) is 14.6. The van der Waals surface area contributed by atoms with Crippen molar-refractivity contribution in [1.29, 1.82) is 0 Å². The van der Waals surface area contributed by atoms with Crippen LogP contribution in [-0.4, -0.2) is 10.1 Å². The van der Waals surface area contributed by atoms with Gasteiger partial charge in [-0.15, -0.1) is 0 Å². The number of nitrogens with zero attached hydrogens (tertiary/aromatic N) is 1. The highest BCUT2D eigenvalue weighted by molar-refractivity contribution is 6.31. The Morgan fingerprint density at radius 3 is 2.55 bits per heavy atom. The zero-order valence-corrected chi connectivity index (χ0v) is 10.7. The minimum atomic E-state index is -4.52. The van der Waals surface area contributed by atoms with Gasteiger partial charge in [-0.05, 0) is 12.1 Å². The van der Waals surface area contributed by atoms with Gasteiger partial charge in [0.15, 0.2) is 0 Å². The summed E-state index contributed by atoms with van der Waals surface area (Å²) in [5.41, 5.74) is -0.476. The van der Waals surface area contributed by atoms with E-state index in [4.69, 9.17) is 21.4 Å². The van der Waals surface area contributed by atoms with Crippen molar-refractivity contribution in [3.63, 3.8) is 0 Å². The molecular formula is C13H9ClF3NO2. The highest BCUT2D eigenvalue weighted by atomic mass is 35.5. The second-order valence-corrected chi connectivity index (χ2v) is 4.28. The molecule has 0 aliphatic heterocycles. The van der Waals surface area contributed by atoms with Gasteiger partial charge in [0.25, 0.3) is 0 Å². The summed E-state index contributed by atoms with van der Waals surface area (Å²) < 4.78 is 42.7. The van der Waals surface area contributed by atoms with Crippen LogP contribution in [0.5, 0.6) is 11.6 Å². The van der Waals surface area contributed by atoms with Crippen LogP contribution in [0.2, 0.25) is 5.02 Å². The van der Waals surface area contributed by atoms with Crippen LogP contribution < -0.4 is 4.74 Å². The summed E-state index contributed by atoms with van der Waals surface area (Å²) >= 11 is 5.73. The number of aliphatic hydroxyl groups excluding tert-OH is 1. The molecule has 0 fully saturated rings. The van der Waals surface area contributed by atoms with Crippen LogP contribution >= 0.6 is 11.6 Å². The number of ether oxygens (including phenoxy) is 1. The lowest BCUT2D eigenvalue weighted by atomic mass is 10.2. The van der Waals surface area contributed by atoms with Crippen molar-refractivity contribution < 1.29 is 23.0 Å². The van der Waals surface area contributed by atoms with Crippen LogP contribution in [0.4, 0.5) is 13.2 Å². The van der Waals surface area contributed by atoms with E-state index < -0.39 is 11.7 Å². The van der Waals surface area contributed by atoms with Crippen LogP contribution in [0.25, 0.3) is 0 Å². The van der Waals surface area contributed by atoms with E-state index in [9.17, 15) is 13.2 Å². The van der Waals surface area contributed by atoms with E-state index >= 15 is 0 Å². The maximum Gasteiger partial charge on any atom is 0.417 e. The van der Waals surface area contributed by atoms with Crippen molar-refractivity contribution in [2.24, 2.45) is 0 Å². The van der Waals surface area contributed by atoms with Crippen LogP contribution in [0, 0.1) is 0 Å². The van der Waals surface area contributed by atoms with E-state index in [2.05, 4.69) is 4.98 Å². The van der Waals surface area contributed by atoms with E-state index in [0.717, 1.165) is 6.07 Å². The molecule has 0 radical (unpaired) electrons. The second-order valence-electron chi connectivity index (χ2n) is 3.88. The van der Waals surface area contributed by atoms with E-state index in [1.807, 2.05) is 0 Å². The van der Waals surface area contributed by atoms with Crippen molar-refractivity contribution in [3.8, 4) is 11.6 Å². The molecule has 0 bridgehead atoms. The summed E-state index contributed by atoms with van der Waals surface area (Å²) in [4.78, 5) is 3.56. The van der Waals surface area contributed by atoms with Gasteiger partial charge in [-0.3, -0.25) is 0 Å². The Morgan fingerprint density at radius 2 is 1.95 bits per heavy atom. The summed E-state index contributed by atoms with van der Waals surface area (Å²) in [5.74, 6) is 0.129. The van der Waals surface area contributed by atoms with Crippen LogP contribution in [-0.2, 0) is 12.8 Å². The minimum Gasteiger partial charge on any atom is -0.437 e. The number of hydrogen-bond donors (Lipinski definition) is 1. The Labute approximate surface area is 117 Å². The third-order valence-corrected chi connectivity index (χ3v) is 2.76. The molecule has 7 heteroatoms. The van der Waals surface area contributed by atoms with Crippen molar-refractivity contribution >= 4 is 11.6 Å². The van der Waals surface area contributed by atoms with Gasteiger partial charge in [-0.25, -0.2) is 4.98 Å². The number of rotatable bonds is 3. The predicted octanol–water partition coefficient (Wildman–Crippen LogP) is 4.04. The number of aliphatic hydroxyl groups is 1. The monoisotopic (exact) mass is 303 g/mol. The average Bonchev–Trinajstić information content (AvgIpc) is 2.40. The van der Waals surface area contributed by atoms with Gasteiger partial charge in [0.1, 0.15) is 10.8 Å². The second kappa shape index (κ2) is 5.68. The van der Waals surface area contributed by atoms with Gasteiger partial charge in [0.2, 0.25) is 5.88 Å². The summed E-state index contributed by atoms with van der Waals surface area (Å²) in [7, 11) is 0. The lowest BCUT2D eigenvalue weighted by Gasteiger charge is -2.11. The smallest absolute Gasteiger partial charge is 0.417 e. The highest BCUT2D eigenvalue weighted by Crippen LogP contribution is 2.35. The van der Waals surface area contributed by atoms with Crippen molar-refractivity contribution in [1.82, 2.24) is 4.98 Å². The van der Waals surface area contributed by atoms with E-state index in [1.54, 1.807) is 24.3 Å². The average molecular weight is 304 g/mol. The number of para-hydroxylation sites is 1. The van der Waals surface area contributed by atoms with E-state index in [0.29, 0.717) is 11.8 Å². The molecule has 0 unspecified atom stereocenters.